The Morgan fingerprint density at radius 1 is 1.04 bits per heavy atom. The number of fused-ring (bicyclic) bond motifs is 1. The Kier molecular flexibility index (Phi) is 6.23. The Morgan fingerprint density at radius 3 is 2.36 bits per heavy atom. The van der Waals surface area contributed by atoms with E-state index in [9.17, 15) is 4.79 Å². The summed E-state index contributed by atoms with van der Waals surface area (Å²) in [5.74, 6) is 0.571. The molecule has 0 spiro atoms. The minimum absolute atomic E-state index is 0.0395. The number of aryl methyl sites for hydroxylation is 2. The normalized spacial score (nSPS) is 13.6. The molecular weight excluding hydrogens is 344 g/mol. The molecule has 3 heteroatoms. The van der Waals surface area contributed by atoms with Gasteiger partial charge in [0.15, 0.2) is 0 Å². The molecule has 0 fully saturated rings. The van der Waals surface area contributed by atoms with Crippen LogP contribution in [0.2, 0.25) is 0 Å². The lowest BCUT2D eigenvalue weighted by Crippen LogP contribution is -2.36. The summed E-state index contributed by atoms with van der Waals surface area (Å²) in [4.78, 5) is 12.9. The number of hydrogen-bond acceptors (Lipinski definition) is 1. The maximum atomic E-state index is 12.9. The fourth-order valence-electron chi connectivity index (χ4n) is 3.69. The van der Waals surface area contributed by atoms with Gasteiger partial charge in [-0.05, 0) is 43.9 Å². The zero-order valence-electron chi connectivity index (χ0n) is 17.7. The molecule has 2 unspecified atom stereocenters. The lowest BCUT2D eigenvalue weighted by Gasteiger charge is -2.21. The summed E-state index contributed by atoms with van der Waals surface area (Å²) in [5, 5.41) is 4.42. The van der Waals surface area contributed by atoms with Gasteiger partial charge < -0.3 is 9.88 Å². The number of nitrogens with zero attached hydrogens (tertiary/aromatic N) is 1. The second kappa shape index (κ2) is 8.64. The summed E-state index contributed by atoms with van der Waals surface area (Å²) in [7, 11) is 0. The summed E-state index contributed by atoms with van der Waals surface area (Å²) in [6.45, 7) is 11.5. The quantitative estimate of drug-likeness (QED) is 0.568. The first kappa shape index (κ1) is 20.2. The van der Waals surface area contributed by atoms with Crippen LogP contribution in [0.3, 0.4) is 0 Å². The van der Waals surface area contributed by atoms with E-state index < -0.39 is 0 Å². The zero-order valence-corrected chi connectivity index (χ0v) is 17.7. The van der Waals surface area contributed by atoms with Crippen molar-refractivity contribution in [3.63, 3.8) is 0 Å². The fourth-order valence-corrected chi connectivity index (χ4v) is 3.69. The van der Waals surface area contributed by atoms with Crippen LogP contribution in [0.5, 0.6) is 0 Å². The van der Waals surface area contributed by atoms with Crippen molar-refractivity contribution in [2.45, 2.75) is 59.5 Å². The topological polar surface area (TPSA) is 34.0 Å². The Labute approximate surface area is 168 Å². The second-order valence-corrected chi connectivity index (χ2v) is 8.16. The highest BCUT2D eigenvalue weighted by atomic mass is 16.1. The summed E-state index contributed by atoms with van der Waals surface area (Å²) >= 11 is 0. The van der Waals surface area contributed by atoms with Gasteiger partial charge in [0.25, 0.3) is 0 Å². The van der Waals surface area contributed by atoms with Crippen molar-refractivity contribution < 1.29 is 4.79 Å². The molecule has 0 saturated carbocycles. The summed E-state index contributed by atoms with van der Waals surface area (Å²) in [6.07, 6.45) is 2.69. The molecule has 0 bridgehead atoms. The van der Waals surface area contributed by atoms with Gasteiger partial charge in [-0.3, -0.25) is 4.79 Å². The van der Waals surface area contributed by atoms with Crippen molar-refractivity contribution in [2.24, 2.45) is 5.92 Å². The largest absolute Gasteiger partial charge is 0.353 e. The van der Waals surface area contributed by atoms with E-state index in [1.807, 2.05) is 0 Å². The highest BCUT2D eigenvalue weighted by Crippen LogP contribution is 2.35. The number of rotatable bonds is 7. The van der Waals surface area contributed by atoms with E-state index in [2.05, 4.69) is 99.2 Å². The van der Waals surface area contributed by atoms with E-state index >= 15 is 0 Å². The van der Waals surface area contributed by atoms with Gasteiger partial charge in [0.1, 0.15) is 0 Å². The molecule has 3 rings (SSSR count). The fraction of sp³-hybridized carbons (Fsp3) is 0.400. The molecule has 1 N–H and O–H groups in total. The highest BCUT2D eigenvalue weighted by molar-refractivity contribution is 5.86. The first-order chi connectivity index (χ1) is 13.4. The van der Waals surface area contributed by atoms with Crippen LogP contribution >= 0.6 is 0 Å². The van der Waals surface area contributed by atoms with Crippen LogP contribution < -0.4 is 5.32 Å². The zero-order chi connectivity index (χ0) is 20.3. The molecular formula is C25H32N2O. The van der Waals surface area contributed by atoms with E-state index in [-0.39, 0.29) is 17.9 Å². The third-order valence-corrected chi connectivity index (χ3v) is 5.79. The number of amides is 1. The van der Waals surface area contributed by atoms with Crippen molar-refractivity contribution in [1.82, 2.24) is 9.88 Å². The van der Waals surface area contributed by atoms with E-state index in [1.54, 1.807) is 0 Å². The molecule has 1 amide bonds. The number of carbonyl (C=O) groups is 1. The van der Waals surface area contributed by atoms with E-state index in [1.165, 1.54) is 27.6 Å². The van der Waals surface area contributed by atoms with Crippen molar-refractivity contribution >= 4 is 16.8 Å². The molecule has 0 aliphatic heterocycles. The van der Waals surface area contributed by atoms with Crippen LogP contribution in [0.4, 0.5) is 0 Å². The second-order valence-electron chi connectivity index (χ2n) is 8.16. The summed E-state index contributed by atoms with van der Waals surface area (Å²) < 4.78 is 2.28. The highest BCUT2D eigenvalue weighted by Gasteiger charge is 2.23. The predicted molar refractivity (Wildman–Crippen MR) is 118 cm³/mol. The summed E-state index contributed by atoms with van der Waals surface area (Å²) in [5.41, 5.74) is 4.88. The Balaban J connectivity index is 2.02. The van der Waals surface area contributed by atoms with Gasteiger partial charge in [-0.15, -0.1) is 0 Å². The van der Waals surface area contributed by atoms with Gasteiger partial charge in [0.2, 0.25) is 5.91 Å². The minimum atomic E-state index is 0.0395. The van der Waals surface area contributed by atoms with Gasteiger partial charge in [-0.2, -0.15) is 0 Å². The monoisotopic (exact) mass is 376 g/mol. The maximum Gasteiger partial charge on any atom is 0.221 e. The number of aromatic nitrogens is 1. The van der Waals surface area contributed by atoms with Crippen LogP contribution in [0.15, 0.2) is 54.7 Å². The van der Waals surface area contributed by atoms with E-state index in [0.717, 1.165) is 6.54 Å². The van der Waals surface area contributed by atoms with Crippen molar-refractivity contribution in [2.75, 3.05) is 0 Å². The SMILES string of the molecule is CCn1cc(C(CC(=O)NC(C)C(C)C)c2ccc(C)cc2)c2ccccc21. The molecule has 0 aliphatic rings. The van der Waals surface area contributed by atoms with Crippen LogP contribution in [-0.2, 0) is 11.3 Å². The molecule has 3 aromatic rings. The molecule has 1 heterocycles. The van der Waals surface area contributed by atoms with Crippen molar-refractivity contribution in [1.29, 1.82) is 0 Å². The molecule has 0 radical (unpaired) electrons. The Bertz CT molecular complexity index is 937. The Morgan fingerprint density at radius 2 is 1.71 bits per heavy atom. The Hall–Kier alpha value is -2.55. The predicted octanol–water partition coefficient (Wildman–Crippen LogP) is 5.65. The number of carbonyl (C=O) groups excluding carboxylic acids is 1. The van der Waals surface area contributed by atoms with Crippen LogP contribution in [0.25, 0.3) is 10.9 Å². The van der Waals surface area contributed by atoms with Gasteiger partial charge in [-0.25, -0.2) is 0 Å². The third kappa shape index (κ3) is 4.30. The first-order valence-corrected chi connectivity index (χ1v) is 10.3. The molecule has 0 saturated heterocycles. The molecule has 2 atom stereocenters. The molecule has 1 aromatic heterocycles. The van der Waals surface area contributed by atoms with Crippen molar-refractivity contribution in [3.8, 4) is 0 Å². The molecule has 148 valence electrons. The standard InChI is InChI=1S/C25H32N2O/c1-6-27-16-23(21-9-7-8-10-24(21)27)22(20-13-11-18(4)12-14-20)15-25(28)26-19(5)17(2)3/h7-14,16-17,19,22H,6,15H2,1-5H3,(H,26,28). The lowest BCUT2D eigenvalue weighted by atomic mass is 9.87. The van der Waals surface area contributed by atoms with E-state index in [4.69, 9.17) is 0 Å². The van der Waals surface area contributed by atoms with Gasteiger partial charge >= 0.3 is 0 Å². The minimum Gasteiger partial charge on any atom is -0.353 e. The number of para-hydroxylation sites is 1. The van der Waals surface area contributed by atoms with Gasteiger partial charge in [-0.1, -0.05) is 61.9 Å². The average Bonchev–Trinajstić information content (AvgIpc) is 3.05. The van der Waals surface area contributed by atoms with E-state index in [0.29, 0.717) is 12.3 Å². The number of nitrogens with one attached hydrogen (secondary N) is 1. The van der Waals surface area contributed by atoms with Crippen LogP contribution in [0, 0.1) is 12.8 Å². The van der Waals surface area contributed by atoms with Gasteiger partial charge in [0.05, 0.1) is 0 Å². The lowest BCUT2D eigenvalue weighted by molar-refractivity contribution is -0.122. The number of benzene rings is 2. The molecule has 28 heavy (non-hydrogen) atoms. The maximum absolute atomic E-state index is 12.9. The smallest absolute Gasteiger partial charge is 0.221 e. The van der Waals surface area contributed by atoms with Crippen molar-refractivity contribution in [3.05, 3.63) is 71.4 Å². The van der Waals surface area contributed by atoms with Crippen LogP contribution in [0.1, 0.15) is 56.7 Å². The average molecular weight is 377 g/mol. The molecule has 0 aliphatic carbocycles. The third-order valence-electron chi connectivity index (χ3n) is 5.79. The molecule has 3 nitrogen and oxygen atoms in total. The van der Waals surface area contributed by atoms with Crippen LogP contribution in [-0.4, -0.2) is 16.5 Å². The summed E-state index contributed by atoms with van der Waals surface area (Å²) in [6, 6.07) is 17.3. The first-order valence-electron chi connectivity index (χ1n) is 10.3. The number of hydrogen-bond donors (Lipinski definition) is 1. The molecule has 2 aromatic carbocycles. The van der Waals surface area contributed by atoms with Gasteiger partial charge in [0, 0.05) is 42.0 Å².